The largest absolute Gasteiger partial charge is 0.497 e. The van der Waals surface area contributed by atoms with Crippen LogP contribution in [0.2, 0.25) is 0 Å². The molecule has 3 aromatic rings. The number of nitrogens with zero attached hydrogens (tertiary/aromatic N) is 4. The summed E-state index contributed by atoms with van der Waals surface area (Å²) < 4.78 is 7.36. The second-order valence-electron chi connectivity index (χ2n) is 7.26. The number of hydrogen-bond donors (Lipinski definition) is 1. The average Bonchev–Trinajstić information content (AvgIpc) is 3.51. The second kappa shape index (κ2) is 7.92. The number of amides is 1. The maximum atomic E-state index is 12.8. The molecule has 5 rings (SSSR count). The van der Waals surface area contributed by atoms with Gasteiger partial charge in [0.15, 0.2) is 5.84 Å². The molecule has 0 aliphatic carbocycles. The van der Waals surface area contributed by atoms with Crippen LogP contribution in [0.3, 0.4) is 0 Å². The number of thiophene rings is 1. The number of hydrogen-bond acceptors (Lipinski definition) is 6. The highest BCUT2D eigenvalue weighted by molar-refractivity contribution is 8.27. The number of carbonyl (C=O) groups excluding carboxylic acids is 1. The predicted octanol–water partition coefficient (Wildman–Crippen LogP) is 4.83. The van der Waals surface area contributed by atoms with Gasteiger partial charge in [-0.15, -0.1) is 11.3 Å². The number of carbonyl (C=O) groups is 1. The lowest BCUT2D eigenvalue weighted by atomic mass is 10.1. The summed E-state index contributed by atoms with van der Waals surface area (Å²) in [5, 5.41) is 17.7. The zero-order chi connectivity index (χ0) is 22.4. The SMILES string of the molecule is COc1ccc(-n2c(C)cc(/C=C3/C(=N)N4N=C(c5cccs5)SC4=NC3=O)c2C)cc1. The van der Waals surface area contributed by atoms with Gasteiger partial charge < -0.3 is 9.30 Å². The van der Waals surface area contributed by atoms with Crippen molar-refractivity contribution in [1.82, 2.24) is 9.58 Å². The monoisotopic (exact) mass is 461 g/mol. The third kappa shape index (κ3) is 3.39. The highest BCUT2D eigenvalue weighted by Crippen LogP contribution is 2.33. The normalized spacial score (nSPS) is 17.0. The van der Waals surface area contributed by atoms with E-state index in [9.17, 15) is 4.79 Å². The first-order chi connectivity index (χ1) is 15.5. The first-order valence-corrected chi connectivity index (χ1v) is 11.5. The van der Waals surface area contributed by atoms with Crippen molar-refractivity contribution in [2.24, 2.45) is 10.1 Å². The van der Waals surface area contributed by atoms with E-state index >= 15 is 0 Å². The van der Waals surface area contributed by atoms with E-state index in [-0.39, 0.29) is 11.4 Å². The fourth-order valence-electron chi connectivity index (χ4n) is 3.71. The molecule has 160 valence electrons. The van der Waals surface area contributed by atoms with Crippen LogP contribution in [0, 0.1) is 19.3 Å². The Labute approximate surface area is 193 Å². The number of amidine groups is 2. The van der Waals surface area contributed by atoms with Crippen molar-refractivity contribution in [2.45, 2.75) is 13.8 Å². The Balaban J connectivity index is 1.50. The molecule has 9 heteroatoms. The smallest absolute Gasteiger partial charge is 0.283 e. The molecular formula is C23H19N5O2S2. The molecule has 2 aromatic heterocycles. The molecule has 7 nitrogen and oxygen atoms in total. The second-order valence-corrected chi connectivity index (χ2v) is 9.17. The summed E-state index contributed by atoms with van der Waals surface area (Å²) in [6.07, 6.45) is 1.73. The topological polar surface area (TPSA) is 83.0 Å². The summed E-state index contributed by atoms with van der Waals surface area (Å²) in [4.78, 5) is 18.0. The summed E-state index contributed by atoms with van der Waals surface area (Å²) in [6, 6.07) is 13.7. The Kier molecular flexibility index (Phi) is 5.07. The zero-order valence-corrected chi connectivity index (χ0v) is 19.3. The maximum Gasteiger partial charge on any atom is 0.283 e. The van der Waals surface area contributed by atoms with E-state index in [2.05, 4.69) is 14.7 Å². The molecule has 0 saturated heterocycles. The van der Waals surface area contributed by atoms with E-state index < -0.39 is 5.91 Å². The summed E-state index contributed by atoms with van der Waals surface area (Å²) in [7, 11) is 1.64. The molecule has 0 spiro atoms. The number of hydrazone groups is 1. The Morgan fingerprint density at radius 1 is 1.16 bits per heavy atom. The van der Waals surface area contributed by atoms with Crippen LogP contribution >= 0.6 is 23.1 Å². The third-order valence-corrected chi connectivity index (χ3v) is 7.23. The molecule has 0 fully saturated rings. The van der Waals surface area contributed by atoms with Crippen LogP contribution in [0.25, 0.3) is 11.8 Å². The highest BCUT2D eigenvalue weighted by Gasteiger charge is 2.36. The van der Waals surface area contributed by atoms with E-state index in [1.165, 1.54) is 16.8 Å². The lowest BCUT2D eigenvalue weighted by molar-refractivity contribution is -0.114. The minimum Gasteiger partial charge on any atom is -0.497 e. The van der Waals surface area contributed by atoms with Crippen LogP contribution in [0.15, 0.2) is 63.5 Å². The van der Waals surface area contributed by atoms with E-state index in [0.29, 0.717) is 5.17 Å². The van der Waals surface area contributed by atoms with Crippen molar-refractivity contribution in [1.29, 1.82) is 5.41 Å². The van der Waals surface area contributed by atoms with Crippen molar-refractivity contribution in [3.8, 4) is 11.4 Å². The molecule has 2 aliphatic rings. The fraction of sp³-hybridized carbons (Fsp3) is 0.130. The molecule has 0 saturated carbocycles. The number of fused-ring (bicyclic) bond motifs is 1. The molecule has 2 aliphatic heterocycles. The summed E-state index contributed by atoms with van der Waals surface area (Å²) >= 11 is 2.87. The van der Waals surface area contributed by atoms with Crippen molar-refractivity contribution in [2.75, 3.05) is 7.11 Å². The zero-order valence-electron chi connectivity index (χ0n) is 17.6. The van der Waals surface area contributed by atoms with Gasteiger partial charge in [-0.1, -0.05) is 6.07 Å². The van der Waals surface area contributed by atoms with Crippen LogP contribution in [-0.4, -0.2) is 38.6 Å². The number of aliphatic imine (C=N–C) groups is 1. The van der Waals surface area contributed by atoms with E-state index in [1.807, 2.05) is 61.7 Å². The number of benzene rings is 1. The third-order valence-electron chi connectivity index (χ3n) is 5.29. The van der Waals surface area contributed by atoms with Gasteiger partial charge in [-0.25, -0.2) is 0 Å². The molecule has 4 heterocycles. The average molecular weight is 462 g/mol. The summed E-state index contributed by atoms with van der Waals surface area (Å²) in [6.45, 7) is 4.01. The lowest BCUT2D eigenvalue weighted by Gasteiger charge is -2.20. The van der Waals surface area contributed by atoms with Gasteiger partial charge in [0.05, 0.1) is 17.6 Å². The number of rotatable bonds is 4. The van der Waals surface area contributed by atoms with Crippen molar-refractivity contribution in [3.63, 3.8) is 0 Å². The molecule has 1 amide bonds. The van der Waals surface area contributed by atoms with Gasteiger partial charge in [-0.2, -0.15) is 15.1 Å². The van der Waals surface area contributed by atoms with Gasteiger partial charge in [0.2, 0.25) is 5.17 Å². The Morgan fingerprint density at radius 2 is 1.94 bits per heavy atom. The lowest BCUT2D eigenvalue weighted by Crippen LogP contribution is -2.35. The Morgan fingerprint density at radius 3 is 2.62 bits per heavy atom. The number of aromatic nitrogens is 1. The number of nitrogens with one attached hydrogen (secondary N) is 1. The van der Waals surface area contributed by atoms with Gasteiger partial charge in [-0.05, 0) is 79.0 Å². The number of thioether (sulfide) groups is 1. The quantitative estimate of drug-likeness (QED) is 0.564. The van der Waals surface area contributed by atoms with E-state index in [4.69, 9.17) is 10.1 Å². The predicted molar refractivity (Wildman–Crippen MR) is 130 cm³/mol. The summed E-state index contributed by atoms with van der Waals surface area (Å²) in [5.74, 6) is 0.401. The van der Waals surface area contributed by atoms with Crippen LogP contribution in [0.4, 0.5) is 0 Å². The molecule has 1 N–H and O–H groups in total. The van der Waals surface area contributed by atoms with E-state index in [0.717, 1.165) is 38.3 Å². The van der Waals surface area contributed by atoms with Gasteiger partial charge in [0.25, 0.3) is 5.91 Å². The van der Waals surface area contributed by atoms with Gasteiger partial charge in [0.1, 0.15) is 10.8 Å². The van der Waals surface area contributed by atoms with Gasteiger partial charge >= 0.3 is 0 Å². The van der Waals surface area contributed by atoms with Crippen molar-refractivity contribution >= 4 is 51.1 Å². The molecule has 0 unspecified atom stereocenters. The van der Waals surface area contributed by atoms with Crippen LogP contribution in [-0.2, 0) is 4.79 Å². The first kappa shape index (κ1) is 20.5. The van der Waals surface area contributed by atoms with Crippen LogP contribution in [0.1, 0.15) is 21.8 Å². The maximum absolute atomic E-state index is 12.8. The number of methoxy groups -OCH3 is 1. The molecule has 0 atom stereocenters. The molecule has 1 aromatic carbocycles. The standard InChI is InChI=1S/C23H19N5O2S2/c1-13-11-15(14(2)27(13)16-6-8-17(30-3)9-7-16)12-18-20(24)28-23(25-21(18)29)32-22(26-28)19-5-4-10-31-19/h4-12,24H,1-3H3/b18-12-,24-20?. The minimum absolute atomic E-state index is 0.0355. The number of aryl methyl sites for hydroxylation is 1. The van der Waals surface area contributed by atoms with Gasteiger partial charge in [0, 0.05) is 17.1 Å². The van der Waals surface area contributed by atoms with Crippen molar-refractivity contribution < 1.29 is 9.53 Å². The van der Waals surface area contributed by atoms with Crippen LogP contribution in [0.5, 0.6) is 5.75 Å². The molecular weight excluding hydrogens is 442 g/mol. The summed E-state index contributed by atoms with van der Waals surface area (Å²) in [5.41, 5.74) is 4.07. The van der Waals surface area contributed by atoms with Crippen molar-refractivity contribution in [3.05, 3.63) is 75.2 Å². The number of ether oxygens (including phenoxy) is 1. The van der Waals surface area contributed by atoms with Gasteiger partial charge in [-0.3, -0.25) is 10.2 Å². The highest BCUT2D eigenvalue weighted by atomic mass is 32.2. The molecule has 0 bridgehead atoms. The fourth-order valence-corrected chi connectivity index (χ4v) is 5.39. The Hall–Kier alpha value is -3.43. The van der Waals surface area contributed by atoms with Crippen LogP contribution < -0.4 is 4.74 Å². The Bertz CT molecular complexity index is 1330. The molecule has 0 radical (unpaired) electrons. The molecule has 32 heavy (non-hydrogen) atoms. The van der Waals surface area contributed by atoms with E-state index in [1.54, 1.807) is 24.5 Å². The minimum atomic E-state index is -0.425. The first-order valence-electron chi connectivity index (χ1n) is 9.83.